The van der Waals surface area contributed by atoms with Gasteiger partial charge in [-0.05, 0) is 25.4 Å². The molecule has 1 saturated heterocycles. The molecule has 5 nitrogen and oxygen atoms in total. The van der Waals surface area contributed by atoms with Gasteiger partial charge in [-0.1, -0.05) is 6.07 Å². The molecule has 0 aromatic carbocycles. The van der Waals surface area contributed by atoms with Crippen LogP contribution in [0.15, 0.2) is 17.5 Å². The Morgan fingerprint density at radius 2 is 1.95 bits per heavy atom. The van der Waals surface area contributed by atoms with Crippen LogP contribution in [0.1, 0.15) is 17.8 Å². The number of sulfonamides is 1. The van der Waals surface area contributed by atoms with Crippen LogP contribution in [-0.2, 0) is 10.0 Å². The third-order valence-electron chi connectivity index (χ3n) is 3.64. The molecule has 1 fully saturated rings. The molecule has 1 aromatic rings. The molecule has 1 aromatic heterocycles. The number of thiophene rings is 1. The van der Waals surface area contributed by atoms with Gasteiger partial charge in [-0.2, -0.15) is 0 Å². The number of piperazine rings is 1. The van der Waals surface area contributed by atoms with E-state index in [0.29, 0.717) is 0 Å². The maximum Gasteiger partial charge on any atom is 0.209 e. The summed E-state index contributed by atoms with van der Waals surface area (Å²) in [6, 6.07) is 4.09. The van der Waals surface area contributed by atoms with Crippen molar-refractivity contribution in [2.75, 3.05) is 39.5 Å². The van der Waals surface area contributed by atoms with E-state index >= 15 is 0 Å². The average Bonchev–Trinajstić information content (AvgIpc) is 2.83. The quantitative estimate of drug-likeness (QED) is 0.879. The van der Waals surface area contributed by atoms with Crippen molar-refractivity contribution >= 4 is 21.4 Å². The van der Waals surface area contributed by atoms with Crippen molar-refractivity contribution in [1.29, 1.82) is 0 Å². The minimum absolute atomic E-state index is 0.110. The summed E-state index contributed by atoms with van der Waals surface area (Å²) in [5.41, 5.74) is 0. The Morgan fingerprint density at radius 3 is 2.45 bits per heavy atom. The summed E-state index contributed by atoms with van der Waals surface area (Å²) in [6.07, 6.45) is 1.22. The Hall–Kier alpha value is -0.470. The fourth-order valence-corrected chi connectivity index (χ4v) is 4.47. The summed E-state index contributed by atoms with van der Waals surface area (Å²) < 4.78 is 25.8. The molecule has 2 rings (SSSR count). The molecule has 0 radical (unpaired) electrons. The van der Waals surface area contributed by atoms with Crippen molar-refractivity contribution in [1.82, 2.24) is 14.5 Å². The largest absolute Gasteiger partial charge is 0.304 e. The molecule has 2 atom stereocenters. The van der Waals surface area contributed by atoms with Gasteiger partial charge < -0.3 is 4.90 Å². The van der Waals surface area contributed by atoms with Crippen LogP contribution < -0.4 is 4.72 Å². The van der Waals surface area contributed by atoms with Crippen LogP contribution in [0.2, 0.25) is 0 Å². The molecule has 2 heterocycles. The highest BCUT2D eigenvalue weighted by atomic mass is 32.2. The van der Waals surface area contributed by atoms with E-state index < -0.39 is 10.0 Å². The minimum atomic E-state index is -3.19. The molecule has 0 saturated carbocycles. The first-order chi connectivity index (χ1) is 9.37. The molecule has 0 aliphatic carbocycles. The summed E-state index contributed by atoms with van der Waals surface area (Å²) in [5.74, 6) is 0. The van der Waals surface area contributed by atoms with E-state index in [1.54, 1.807) is 11.3 Å². The van der Waals surface area contributed by atoms with Crippen molar-refractivity contribution in [3.05, 3.63) is 22.4 Å². The van der Waals surface area contributed by atoms with Crippen molar-refractivity contribution in [2.45, 2.75) is 19.0 Å². The first-order valence-corrected chi connectivity index (χ1v) is 9.57. The van der Waals surface area contributed by atoms with E-state index in [2.05, 4.69) is 27.6 Å². The van der Waals surface area contributed by atoms with Crippen LogP contribution >= 0.6 is 11.3 Å². The summed E-state index contributed by atoms with van der Waals surface area (Å²) in [7, 11) is -1.07. The molecule has 0 bridgehead atoms. The van der Waals surface area contributed by atoms with Gasteiger partial charge in [0.25, 0.3) is 0 Å². The lowest BCUT2D eigenvalue weighted by molar-refractivity contribution is 0.0995. The third-order valence-corrected chi connectivity index (χ3v) is 5.38. The van der Waals surface area contributed by atoms with Crippen LogP contribution in [-0.4, -0.2) is 63.7 Å². The first-order valence-electron chi connectivity index (χ1n) is 6.80. The van der Waals surface area contributed by atoms with Crippen LogP contribution in [0.25, 0.3) is 0 Å². The topological polar surface area (TPSA) is 52.7 Å². The highest BCUT2D eigenvalue weighted by Gasteiger charge is 2.30. The predicted molar refractivity (Wildman–Crippen MR) is 83.6 cm³/mol. The average molecular weight is 317 g/mol. The first kappa shape index (κ1) is 15.9. The van der Waals surface area contributed by atoms with E-state index in [0.717, 1.165) is 26.2 Å². The molecule has 1 aliphatic rings. The van der Waals surface area contributed by atoms with Crippen molar-refractivity contribution in [3.8, 4) is 0 Å². The normalized spacial score (nSPS) is 21.8. The molecule has 1 N–H and O–H groups in total. The summed E-state index contributed by atoms with van der Waals surface area (Å²) in [4.78, 5) is 5.91. The Bertz CT molecular complexity index is 508. The Morgan fingerprint density at radius 1 is 1.30 bits per heavy atom. The predicted octanol–water partition coefficient (Wildman–Crippen LogP) is 0.974. The lowest BCUT2D eigenvalue weighted by atomic mass is 10.1. The van der Waals surface area contributed by atoms with Gasteiger partial charge in [0.2, 0.25) is 10.0 Å². The van der Waals surface area contributed by atoms with E-state index in [1.165, 1.54) is 11.1 Å². The Labute approximate surface area is 125 Å². The van der Waals surface area contributed by atoms with Crippen molar-refractivity contribution < 1.29 is 8.42 Å². The molecule has 0 amide bonds. The van der Waals surface area contributed by atoms with Crippen LogP contribution in [0.3, 0.4) is 0 Å². The molecule has 1 aliphatic heterocycles. The van der Waals surface area contributed by atoms with Crippen LogP contribution in [0.5, 0.6) is 0 Å². The molecular weight excluding hydrogens is 294 g/mol. The van der Waals surface area contributed by atoms with Gasteiger partial charge in [0.1, 0.15) is 0 Å². The Balaban J connectivity index is 2.17. The second-order valence-electron chi connectivity index (χ2n) is 5.48. The lowest BCUT2D eigenvalue weighted by Gasteiger charge is -2.40. The van der Waals surface area contributed by atoms with Crippen molar-refractivity contribution in [3.63, 3.8) is 0 Å². The second-order valence-corrected chi connectivity index (χ2v) is 8.24. The fourth-order valence-electron chi connectivity index (χ4n) is 2.70. The SMILES string of the molecule is C[C@@H](NS(C)(=O)=O)[C@H](c1cccs1)N1CCN(C)CC1. The van der Waals surface area contributed by atoms with E-state index in [-0.39, 0.29) is 12.1 Å². The Kier molecular flexibility index (Phi) is 5.19. The molecule has 114 valence electrons. The zero-order valence-electron chi connectivity index (χ0n) is 12.2. The zero-order chi connectivity index (χ0) is 14.8. The van der Waals surface area contributed by atoms with Gasteiger partial charge in [0.05, 0.1) is 12.3 Å². The number of hydrogen-bond donors (Lipinski definition) is 1. The van der Waals surface area contributed by atoms with E-state index in [9.17, 15) is 8.42 Å². The molecule has 7 heteroatoms. The molecular formula is C13H23N3O2S2. The van der Waals surface area contributed by atoms with E-state index in [4.69, 9.17) is 0 Å². The second kappa shape index (κ2) is 6.53. The highest BCUT2D eigenvalue weighted by molar-refractivity contribution is 7.88. The van der Waals surface area contributed by atoms with Gasteiger partial charge in [-0.3, -0.25) is 4.90 Å². The number of rotatable bonds is 5. The monoisotopic (exact) mass is 317 g/mol. The summed E-state index contributed by atoms with van der Waals surface area (Å²) in [6.45, 7) is 5.92. The lowest BCUT2D eigenvalue weighted by Crippen LogP contribution is -2.51. The van der Waals surface area contributed by atoms with Gasteiger partial charge in [-0.15, -0.1) is 11.3 Å². The van der Waals surface area contributed by atoms with Crippen LogP contribution in [0.4, 0.5) is 0 Å². The van der Waals surface area contributed by atoms with Crippen LogP contribution in [0, 0.1) is 0 Å². The maximum absolute atomic E-state index is 11.5. The van der Waals surface area contributed by atoms with Gasteiger partial charge in [0, 0.05) is 37.1 Å². The number of nitrogens with zero attached hydrogens (tertiary/aromatic N) is 2. The van der Waals surface area contributed by atoms with Gasteiger partial charge in [0.15, 0.2) is 0 Å². The maximum atomic E-state index is 11.5. The molecule has 0 spiro atoms. The summed E-state index contributed by atoms with van der Waals surface area (Å²) in [5, 5.41) is 2.05. The molecule has 20 heavy (non-hydrogen) atoms. The fraction of sp³-hybridized carbons (Fsp3) is 0.692. The minimum Gasteiger partial charge on any atom is -0.304 e. The molecule has 0 unspecified atom stereocenters. The zero-order valence-corrected chi connectivity index (χ0v) is 13.9. The van der Waals surface area contributed by atoms with E-state index in [1.807, 2.05) is 18.4 Å². The smallest absolute Gasteiger partial charge is 0.209 e. The highest BCUT2D eigenvalue weighted by Crippen LogP contribution is 2.29. The van der Waals surface area contributed by atoms with Crippen molar-refractivity contribution in [2.24, 2.45) is 0 Å². The third kappa shape index (κ3) is 4.26. The van der Waals surface area contributed by atoms with Gasteiger partial charge >= 0.3 is 0 Å². The number of hydrogen-bond acceptors (Lipinski definition) is 5. The number of nitrogens with one attached hydrogen (secondary N) is 1. The van der Waals surface area contributed by atoms with Gasteiger partial charge in [-0.25, -0.2) is 13.1 Å². The standard InChI is InChI=1S/C13H23N3O2S2/c1-11(14-20(3,17)18)13(12-5-4-10-19-12)16-8-6-15(2)7-9-16/h4-5,10-11,13-14H,6-9H2,1-3H3/t11-,13-/m1/s1. The summed E-state index contributed by atoms with van der Waals surface area (Å²) >= 11 is 1.69. The number of likely N-dealkylation sites (N-methyl/N-ethyl adjacent to an activating group) is 1.